The van der Waals surface area contributed by atoms with Crippen LogP contribution in [0.3, 0.4) is 0 Å². The van der Waals surface area contributed by atoms with E-state index in [1.807, 2.05) is 54.7 Å². The van der Waals surface area contributed by atoms with Crippen LogP contribution in [0.4, 0.5) is 5.69 Å². The van der Waals surface area contributed by atoms with Crippen LogP contribution in [-0.4, -0.2) is 10.9 Å². The second-order valence-electron chi connectivity index (χ2n) is 5.05. The van der Waals surface area contributed by atoms with Crippen LogP contribution in [0.1, 0.15) is 6.92 Å². The molecule has 0 spiro atoms. The lowest BCUT2D eigenvalue weighted by Gasteiger charge is -2.07. The number of carbonyl (C=O) groups excluding carboxylic acids is 1. The Hall–Kier alpha value is -2.94. The van der Waals surface area contributed by atoms with Gasteiger partial charge in [-0.15, -0.1) is 0 Å². The number of nitrogens with one attached hydrogen (secondary N) is 1. The highest BCUT2D eigenvalue weighted by atomic mass is 16.1. The van der Waals surface area contributed by atoms with Crippen LogP contribution in [0.25, 0.3) is 22.4 Å². The van der Waals surface area contributed by atoms with E-state index in [4.69, 9.17) is 0 Å². The first-order chi connectivity index (χ1) is 10.7. The first-order valence-electron chi connectivity index (χ1n) is 7.12. The van der Waals surface area contributed by atoms with Crippen LogP contribution in [0, 0.1) is 0 Å². The van der Waals surface area contributed by atoms with Gasteiger partial charge in [0.25, 0.3) is 0 Å². The zero-order valence-corrected chi connectivity index (χ0v) is 12.3. The number of amides is 1. The molecule has 1 N–H and O–H groups in total. The fraction of sp³-hybridized carbons (Fsp3) is 0.0526. The smallest absolute Gasteiger partial charge is 0.221 e. The summed E-state index contributed by atoms with van der Waals surface area (Å²) in [7, 11) is 0. The van der Waals surface area contributed by atoms with Gasteiger partial charge in [0.05, 0.1) is 5.69 Å². The Morgan fingerprint density at radius 2 is 1.59 bits per heavy atom. The van der Waals surface area contributed by atoms with E-state index >= 15 is 0 Å². The molecule has 1 aromatic heterocycles. The molecule has 0 aliphatic heterocycles. The standard InChI is InChI=1S/C19H16N2O/c1-14(22)21-18-9-7-16(8-10-18)19-13-17(11-12-20-19)15-5-3-2-4-6-15/h2-13H,1H3,(H,21,22). The highest BCUT2D eigenvalue weighted by molar-refractivity contribution is 5.89. The third-order valence-corrected chi connectivity index (χ3v) is 3.37. The third kappa shape index (κ3) is 3.20. The maximum atomic E-state index is 11.0. The minimum absolute atomic E-state index is 0.0723. The summed E-state index contributed by atoms with van der Waals surface area (Å²) in [5.41, 5.74) is 5.02. The summed E-state index contributed by atoms with van der Waals surface area (Å²) in [6, 6.07) is 22.0. The van der Waals surface area contributed by atoms with E-state index in [1.54, 1.807) is 0 Å². The van der Waals surface area contributed by atoms with Gasteiger partial charge in [0.2, 0.25) is 5.91 Å². The number of hydrogen-bond donors (Lipinski definition) is 1. The molecule has 1 heterocycles. The molecular weight excluding hydrogens is 272 g/mol. The van der Waals surface area contributed by atoms with Gasteiger partial charge in [-0.05, 0) is 35.4 Å². The minimum atomic E-state index is -0.0723. The summed E-state index contributed by atoms with van der Waals surface area (Å²) in [6.45, 7) is 1.50. The van der Waals surface area contributed by atoms with Crippen molar-refractivity contribution in [1.29, 1.82) is 0 Å². The predicted molar refractivity (Wildman–Crippen MR) is 89.4 cm³/mol. The van der Waals surface area contributed by atoms with Crippen molar-refractivity contribution in [3.05, 3.63) is 72.9 Å². The highest BCUT2D eigenvalue weighted by Gasteiger charge is 2.03. The number of carbonyl (C=O) groups is 1. The molecule has 3 nitrogen and oxygen atoms in total. The van der Waals surface area contributed by atoms with E-state index in [-0.39, 0.29) is 5.91 Å². The van der Waals surface area contributed by atoms with Gasteiger partial charge in [-0.25, -0.2) is 0 Å². The number of hydrogen-bond acceptors (Lipinski definition) is 2. The number of rotatable bonds is 3. The monoisotopic (exact) mass is 288 g/mol. The lowest BCUT2D eigenvalue weighted by Crippen LogP contribution is -2.05. The lowest BCUT2D eigenvalue weighted by atomic mass is 10.0. The molecular formula is C19H16N2O. The molecule has 0 radical (unpaired) electrons. The topological polar surface area (TPSA) is 42.0 Å². The number of benzene rings is 2. The summed E-state index contributed by atoms with van der Waals surface area (Å²) in [5.74, 6) is -0.0723. The molecule has 2 aromatic carbocycles. The van der Waals surface area contributed by atoms with Crippen molar-refractivity contribution < 1.29 is 4.79 Å². The molecule has 3 rings (SSSR count). The maximum Gasteiger partial charge on any atom is 0.221 e. The molecule has 108 valence electrons. The van der Waals surface area contributed by atoms with Gasteiger partial charge < -0.3 is 5.32 Å². The normalized spacial score (nSPS) is 10.2. The lowest BCUT2D eigenvalue weighted by molar-refractivity contribution is -0.114. The molecule has 0 bridgehead atoms. The first-order valence-corrected chi connectivity index (χ1v) is 7.12. The Morgan fingerprint density at radius 1 is 0.864 bits per heavy atom. The van der Waals surface area contributed by atoms with Crippen LogP contribution in [0.5, 0.6) is 0 Å². The second kappa shape index (κ2) is 6.22. The molecule has 22 heavy (non-hydrogen) atoms. The van der Waals surface area contributed by atoms with E-state index in [9.17, 15) is 4.79 Å². The molecule has 3 heteroatoms. The average Bonchev–Trinajstić information content (AvgIpc) is 2.56. The summed E-state index contributed by atoms with van der Waals surface area (Å²) in [4.78, 5) is 15.5. The van der Waals surface area contributed by atoms with Crippen LogP contribution in [0.15, 0.2) is 72.9 Å². The van der Waals surface area contributed by atoms with Gasteiger partial charge in [-0.1, -0.05) is 42.5 Å². The molecule has 0 fully saturated rings. The van der Waals surface area contributed by atoms with E-state index in [2.05, 4.69) is 28.5 Å². The van der Waals surface area contributed by atoms with Crippen molar-refractivity contribution in [3.63, 3.8) is 0 Å². The third-order valence-electron chi connectivity index (χ3n) is 3.37. The number of nitrogens with zero attached hydrogens (tertiary/aromatic N) is 1. The molecule has 0 unspecified atom stereocenters. The Bertz CT molecular complexity index is 780. The molecule has 0 saturated heterocycles. The van der Waals surface area contributed by atoms with Crippen LogP contribution in [0.2, 0.25) is 0 Å². The molecule has 0 aliphatic rings. The van der Waals surface area contributed by atoms with Gasteiger partial charge in [0, 0.05) is 24.4 Å². The quantitative estimate of drug-likeness (QED) is 0.777. The summed E-state index contributed by atoms with van der Waals surface area (Å²) in [5, 5.41) is 2.76. The van der Waals surface area contributed by atoms with Gasteiger partial charge in [0.1, 0.15) is 0 Å². The summed E-state index contributed by atoms with van der Waals surface area (Å²) < 4.78 is 0. The molecule has 0 atom stereocenters. The first kappa shape index (κ1) is 14.0. The second-order valence-corrected chi connectivity index (χ2v) is 5.05. The predicted octanol–water partition coefficient (Wildman–Crippen LogP) is 4.37. The van der Waals surface area contributed by atoms with Crippen LogP contribution in [-0.2, 0) is 4.79 Å². The van der Waals surface area contributed by atoms with E-state index < -0.39 is 0 Å². The Balaban J connectivity index is 1.91. The number of aromatic nitrogens is 1. The number of pyridine rings is 1. The zero-order valence-electron chi connectivity index (χ0n) is 12.3. The minimum Gasteiger partial charge on any atom is -0.326 e. The average molecular weight is 288 g/mol. The fourth-order valence-electron chi connectivity index (χ4n) is 2.33. The van der Waals surface area contributed by atoms with Gasteiger partial charge in [-0.2, -0.15) is 0 Å². The summed E-state index contributed by atoms with van der Waals surface area (Å²) >= 11 is 0. The van der Waals surface area contributed by atoms with E-state index in [0.29, 0.717) is 0 Å². The van der Waals surface area contributed by atoms with Crippen molar-refractivity contribution in [1.82, 2.24) is 4.98 Å². The summed E-state index contributed by atoms with van der Waals surface area (Å²) in [6.07, 6.45) is 1.82. The van der Waals surface area contributed by atoms with Crippen LogP contribution >= 0.6 is 0 Å². The van der Waals surface area contributed by atoms with Crippen molar-refractivity contribution in [2.45, 2.75) is 6.92 Å². The Kier molecular flexibility index (Phi) is 3.97. The number of anilines is 1. The molecule has 3 aromatic rings. The SMILES string of the molecule is CC(=O)Nc1ccc(-c2cc(-c3ccccc3)ccn2)cc1. The van der Waals surface area contributed by atoms with Crippen molar-refractivity contribution in [2.75, 3.05) is 5.32 Å². The van der Waals surface area contributed by atoms with Crippen molar-refractivity contribution >= 4 is 11.6 Å². The van der Waals surface area contributed by atoms with Crippen LogP contribution < -0.4 is 5.32 Å². The zero-order chi connectivity index (χ0) is 15.4. The maximum absolute atomic E-state index is 11.0. The van der Waals surface area contributed by atoms with E-state index in [1.165, 1.54) is 12.5 Å². The Morgan fingerprint density at radius 3 is 2.27 bits per heavy atom. The molecule has 1 amide bonds. The Labute approximate surface area is 129 Å². The fourth-order valence-corrected chi connectivity index (χ4v) is 2.33. The molecule has 0 saturated carbocycles. The van der Waals surface area contributed by atoms with E-state index in [0.717, 1.165) is 22.5 Å². The van der Waals surface area contributed by atoms with Crippen molar-refractivity contribution in [3.8, 4) is 22.4 Å². The van der Waals surface area contributed by atoms with Gasteiger partial charge in [0.15, 0.2) is 0 Å². The molecule has 0 aliphatic carbocycles. The highest BCUT2D eigenvalue weighted by Crippen LogP contribution is 2.25. The van der Waals surface area contributed by atoms with Gasteiger partial charge >= 0.3 is 0 Å². The van der Waals surface area contributed by atoms with Crippen molar-refractivity contribution in [2.24, 2.45) is 0 Å². The van der Waals surface area contributed by atoms with Gasteiger partial charge in [-0.3, -0.25) is 9.78 Å². The largest absolute Gasteiger partial charge is 0.326 e.